The summed E-state index contributed by atoms with van der Waals surface area (Å²) in [6.07, 6.45) is 0. The lowest BCUT2D eigenvalue weighted by atomic mass is 10.2. The van der Waals surface area contributed by atoms with Gasteiger partial charge in [-0.25, -0.2) is 4.39 Å². The van der Waals surface area contributed by atoms with Gasteiger partial charge >= 0.3 is 0 Å². The van der Waals surface area contributed by atoms with Gasteiger partial charge in [-0.3, -0.25) is 0 Å². The van der Waals surface area contributed by atoms with Crippen LogP contribution in [0.15, 0.2) is 48.5 Å². The van der Waals surface area contributed by atoms with Crippen molar-refractivity contribution in [2.45, 2.75) is 6.54 Å². The van der Waals surface area contributed by atoms with Gasteiger partial charge < -0.3 is 10.1 Å². The molecule has 0 unspecified atom stereocenters. The smallest absolute Gasteiger partial charge is 0.128 e. The maximum Gasteiger partial charge on any atom is 0.128 e. The van der Waals surface area contributed by atoms with E-state index in [1.54, 1.807) is 19.2 Å². The number of halogens is 1. The van der Waals surface area contributed by atoms with Crippen molar-refractivity contribution in [3.63, 3.8) is 0 Å². The molecule has 2 nitrogen and oxygen atoms in total. The average molecular weight is 231 g/mol. The zero-order chi connectivity index (χ0) is 12.1. The molecule has 0 aliphatic rings. The summed E-state index contributed by atoms with van der Waals surface area (Å²) in [5.74, 6) is 0.589. The molecule has 0 radical (unpaired) electrons. The van der Waals surface area contributed by atoms with Gasteiger partial charge in [0.05, 0.1) is 7.11 Å². The highest BCUT2D eigenvalue weighted by atomic mass is 19.1. The lowest BCUT2D eigenvalue weighted by Crippen LogP contribution is -2.01. The molecule has 17 heavy (non-hydrogen) atoms. The first-order valence-corrected chi connectivity index (χ1v) is 5.41. The summed E-state index contributed by atoms with van der Waals surface area (Å²) in [4.78, 5) is 0. The predicted molar refractivity (Wildman–Crippen MR) is 66.7 cm³/mol. The second kappa shape index (κ2) is 5.34. The molecule has 0 aromatic heterocycles. The molecule has 0 bridgehead atoms. The second-order valence-electron chi connectivity index (χ2n) is 3.68. The van der Waals surface area contributed by atoms with Crippen molar-refractivity contribution >= 4 is 5.69 Å². The van der Waals surface area contributed by atoms with Gasteiger partial charge in [-0.15, -0.1) is 0 Å². The molecule has 88 valence electrons. The van der Waals surface area contributed by atoms with Crippen LogP contribution in [0.4, 0.5) is 10.1 Å². The predicted octanol–water partition coefficient (Wildman–Crippen LogP) is 3.45. The number of hydrogen-bond acceptors (Lipinski definition) is 2. The van der Waals surface area contributed by atoms with E-state index in [1.807, 2.05) is 30.3 Å². The SMILES string of the molecule is COc1cccc(NCc2ccccc2F)c1. The summed E-state index contributed by atoms with van der Waals surface area (Å²) in [7, 11) is 1.62. The Kier molecular flexibility index (Phi) is 3.60. The maximum atomic E-state index is 13.4. The molecule has 0 aliphatic heterocycles. The molecule has 2 aromatic rings. The standard InChI is InChI=1S/C14H14FNO/c1-17-13-7-4-6-12(9-13)16-10-11-5-2-3-8-14(11)15/h2-9,16H,10H2,1H3. The second-order valence-corrected chi connectivity index (χ2v) is 3.68. The largest absolute Gasteiger partial charge is 0.497 e. The van der Waals surface area contributed by atoms with E-state index < -0.39 is 0 Å². The normalized spacial score (nSPS) is 10.0. The zero-order valence-corrected chi connectivity index (χ0v) is 9.61. The number of anilines is 1. The Morgan fingerprint density at radius 1 is 1.12 bits per heavy atom. The lowest BCUT2D eigenvalue weighted by Gasteiger charge is -2.08. The van der Waals surface area contributed by atoms with E-state index in [2.05, 4.69) is 5.32 Å². The van der Waals surface area contributed by atoms with Crippen molar-refractivity contribution in [1.82, 2.24) is 0 Å². The van der Waals surface area contributed by atoms with Gasteiger partial charge in [-0.2, -0.15) is 0 Å². The van der Waals surface area contributed by atoms with Crippen LogP contribution in [-0.2, 0) is 6.54 Å². The summed E-state index contributed by atoms with van der Waals surface area (Å²) < 4.78 is 18.5. The third kappa shape index (κ3) is 2.97. The summed E-state index contributed by atoms with van der Waals surface area (Å²) >= 11 is 0. The van der Waals surface area contributed by atoms with Crippen LogP contribution in [0.3, 0.4) is 0 Å². The summed E-state index contributed by atoms with van der Waals surface area (Å²) in [6, 6.07) is 14.3. The third-order valence-electron chi connectivity index (χ3n) is 2.51. The fourth-order valence-electron chi connectivity index (χ4n) is 1.57. The van der Waals surface area contributed by atoms with Crippen molar-refractivity contribution < 1.29 is 9.13 Å². The van der Waals surface area contributed by atoms with Crippen LogP contribution in [0.2, 0.25) is 0 Å². The number of rotatable bonds is 4. The minimum atomic E-state index is -0.192. The highest BCUT2D eigenvalue weighted by Gasteiger charge is 2.00. The summed E-state index contributed by atoms with van der Waals surface area (Å²) in [5.41, 5.74) is 1.56. The van der Waals surface area contributed by atoms with Crippen molar-refractivity contribution in [2.24, 2.45) is 0 Å². The van der Waals surface area contributed by atoms with E-state index in [0.29, 0.717) is 12.1 Å². The molecule has 2 aromatic carbocycles. The van der Waals surface area contributed by atoms with E-state index in [-0.39, 0.29) is 5.82 Å². The molecule has 0 saturated heterocycles. The Morgan fingerprint density at radius 2 is 1.94 bits per heavy atom. The van der Waals surface area contributed by atoms with Crippen LogP contribution >= 0.6 is 0 Å². The molecular formula is C14H14FNO. The van der Waals surface area contributed by atoms with Crippen LogP contribution < -0.4 is 10.1 Å². The summed E-state index contributed by atoms with van der Waals surface area (Å²) in [5, 5.41) is 3.16. The first kappa shape index (κ1) is 11.5. The van der Waals surface area contributed by atoms with E-state index in [1.165, 1.54) is 6.07 Å². The number of hydrogen-bond donors (Lipinski definition) is 1. The summed E-state index contributed by atoms with van der Waals surface area (Å²) in [6.45, 7) is 0.458. The Balaban J connectivity index is 2.05. The lowest BCUT2D eigenvalue weighted by molar-refractivity contribution is 0.415. The Hall–Kier alpha value is -2.03. The average Bonchev–Trinajstić information content (AvgIpc) is 2.38. The molecule has 0 heterocycles. The fraction of sp³-hybridized carbons (Fsp3) is 0.143. The van der Waals surface area contributed by atoms with Gasteiger partial charge in [0.2, 0.25) is 0 Å². The highest BCUT2D eigenvalue weighted by Crippen LogP contribution is 2.17. The Morgan fingerprint density at radius 3 is 2.71 bits per heavy atom. The monoisotopic (exact) mass is 231 g/mol. The van der Waals surface area contributed by atoms with E-state index in [4.69, 9.17) is 4.74 Å². The van der Waals surface area contributed by atoms with Gasteiger partial charge in [0.25, 0.3) is 0 Å². The van der Waals surface area contributed by atoms with Crippen molar-refractivity contribution in [3.8, 4) is 5.75 Å². The van der Waals surface area contributed by atoms with Crippen molar-refractivity contribution in [1.29, 1.82) is 0 Å². The molecule has 0 amide bonds. The quantitative estimate of drug-likeness (QED) is 0.870. The molecule has 0 fully saturated rings. The van der Waals surface area contributed by atoms with Crippen molar-refractivity contribution in [2.75, 3.05) is 12.4 Å². The minimum Gasteiger partial charge on any atom is -0.497 e. The van der Waals surface area contributed by atoms with Gasteiger partial charge in [0, 0.05) is 23.9 Å². The van der Waals surface area contributed by atoms with Crippen LogP contribution in [0.5, 0.6) is 5.75 Å². The van der Waals surface area contributed by atoms with Crippen LogP contribution in [-0.4, -0.2) is 7.11 Å². The Labute approximate surface area is 100 Å². The highest BCUT2D eigenvalue weighted by molar-refractivity contribution is 5.48. The zero-order valence-electron chi connectivity index (χ0n) is 9.61. The van der Waals surface area contributed by atoms with Crippen LogP contribution in [0.25, 0.3) is 0 Å². The third-order valence-corrected chi connectivity index (χ3v) is 2.51. The molecule has 0 spiro atoms. The van der Waals surface area contributed by atoms with E-state index in [0.717, 1.165) is 11.4 Å². The molecule has 3 heteroatoms. The first-order chi connectivity index (χ1) is 8.29. The van der Waals surface area contributed by atoms with Crippen molar-refractivity contribution in [3.05, 3.63) is 59.9 Å². The van der Waals surface area contributed by atoms with Gasteiger partial charge in [0.15, 0.2) is 0 Å². The van der Waals surface area contributed by atoms with Gasteiger partial charge in [-0.05, 0) is 18.2 Å². The number of ether oxygens (including phenoxy) is 1. The number of nitrogens with one attached hydrogen (secondary N) is 1. The number of methoxy groups -OCH3 is 1. The van der Waals surface area contributed by atoms with Gasteiger partial charge in [0.1, 0.15) is 11.6 Å². The fourth-order valence-corrected chi connectivity index (χ4v) is 1.57. The van der Waals surface area contributed by atoms with Crippen LogP contribution in [0, 0.1) is 5.82 Å². The van der Waals surface area contributed by atoms with E-state index >= 15 is 0 Å². The van der Waals surface area contributed by atoms with Crippen LogP contribution in [0.1, 0.15) is 5.56 Å². The maximum absolute atomic E-state index is 13.4. The molecular weight excluding hydrogens is 217 g/mol. The molecule has 0 aliphatic carbocycles. The number of benzene rings is 2. The topological polar surface area (TPSA) is 21.3 Å². The minimum absolute atomic E-state index is 0.192. The van der Waals surface area contributed by atoms with E-state index in [9.17, 15) is 4.39 Å². The van der Waals surface area contributed by atoms with Gasteiger partial charge in [-0.1, -0.05) is 24.3 Å². The molecule has 0 atom stereocenters. The molecule has 2 rings (SSSR count). The first-order valence-electron chi connectivity index (χ1n) is 5.41. The molecule has 0 saturated carbocycles. The Bertz CT molecular complexity index is 499. The molecule has 1 N–H and O–H groups in total.